The molecular formula is C13H22N2O2. The predicted molar refractivity (Wildman–Crippen MR) is 65.7 cm³/mol. The van der Waals surface area contributed by atoms with Gasteiger partial charge in [-0.1, -0.05) is 12.8 Å². The third-order valence-electron chi connectivity index (χ3n) is 3.64. The lowest BCUT2D eigenvalue weighted by atomic mass is 10.1. The number of likely N-dealkylation sites (N-methyl/N-ethyl adjacent to an activating group) is 1. The summed E-state index contributed by atoms with van der Waals surface area (Å²) in [4.78, 5) is 25.5. The summed E-state index contributed by atoms with van der Waals surface area (Å²) in [7, 11) is 1.89. The topological polar surface area (TPSA) is 49.4 Å². The first-order chi connectivity index (χ1) is 8.16. The number of hydrogen-bond donors (Lipinski definition) is 1. The molecule has 0 heterocycles. The van der Waals surface area contributed by atoms with E-state index in [0.29, 0.717) is 24.8 Å². The number of hydrogen-bond acceptors (Lipinski definition) is 3. The van der Waals surface area contributed by atoms with Crippen molar-refractivity contribution in [3.8, 4) is 0 Å². The highest BCUT2D eigenvalue weighted by Gasteiger charge is 2.28. The summed E-state index contributed by atoms with van der Waals surface area (Å²) >= 11 is 0. The van der Waals surface area contributed by atoms with Crippen LogP contribution < -0.4 is 5.32 Å². The summed E-state index contributed by atoms with van der Waals surface area (Å²) in [5.41, 5.74) is 0. The molecule has 1 atom stereocenters. The molecule has 2 aliphatic rings. The van der Waals surface area contributed by atoms with Crippen LogP contribution in [0, 0.1) is 0 Å². The summed E-state index contributed by atoms with van der Waals surface area (Å²) in [6.45, 7) is 0.354. The molecule has 0 bridgehead atoms. The van der Waals surface area contributed by atoms with Gasteiger partial charge in [-0.3, -0.25) is 14.5 Å². The molecule has 2 fully saturated rings. The second kappa shape index (κ2) is 5.63. The van der Waals surface area contributed by atoms with Crippen molar-refractivity contribution in [2.75, 3.05) is 13.6 Å². The standard InChI is InChI=1S/C13H22N2O2/c1-15(9-13(17)14-10-7-8-10)11-5-3-2-4-6-12(11)16/h10-11H,2-9H2,1H3,(H,14,17). The number of Topliss-reactive ketones (excluding diaryl/α,β-unsaturated/α-hetero) is 1. The number of amides is 1. The van der Waals surface area contributed by atoms with E-state index in [-0.39, 0.29) is 11.9 Å². The molecule has 0 spiro atoms. The van der Waals surface area contributed by atoms with Gasteiger partial charge in [-0.05, 0) is 32.7 Å². The molecule has 4 nitrogen and oxygen atoms in total. The highest BCUT2D eigenvalue weighted by Crippen LogP contribution is 2.20. The minimum Gasteiger partial charge on any atom is -0.352 e. The maximum Gasteiger partial charge on any atom is 0.234 e. The van der Waals surface area contributed by atoms with Gasteiger partial charge in [0.15, 0.2) is 0 Å². The van der Waals surface area contributed by atoms with Crippen LogP contribution >= 0.6 is 0 Å². The maximum atomic E-state index is 11.9. The quantitative estimate of drug-likeness (QED) is 0.746. The number of ketones is 1. The van der Waals surface area contributed by atoms with E-state index in [4.69, 9.17) is 0 Å². The molecule has 0 aromatic rings. The predicted octanol–water partition coefficient (Wildman–Crippen LogP) is 1.10. The van der Waals surface area contributed by atoms with Crippen molar-refractivity contribution < 1.29 is 9.59 Å². The number of carbonyl (C=O) groups excluding carboxylic acids is 2. The highest BCUT2D eigenvalue weighted by molar-refractivity contribution is 5.85. The van der Waals surface area contributed by atoms with Gasteiger partial charge in [-0.15, -0.1) is 0 Å². The van der Waals surface area contributed by atoms with Crippen molar-refractivity contribution in [3.63, 3.8) is 0 Å². The van der Waals surface area contributed by atoms with Crippen molar-refractivity contribution in [1.29, 1.82) is 0 Å². The highest BCUT2D eigenvalue weighted by atomic mass is 16.2. The fourth-order valence-electron chi connectivity index (χ4n) is 2.45. The first-order valence-corrected chi connectivity index (χ1v) is 6.69. The molecule has 4 heteroatoms. The van der Waals surface area contributed by atoms with E-state index < -0.39 is 0 Å². The van der Waals surface area contributed by atoms with Gasteiger partial charge in [0.1, 0.15) is 5.78 Å². The van der Waals surface area contributed by atoms with E-state index in [1.807, 2.05) is 11.9 Å². The van der Waals surface area contributed by atoms with Crippen LogP contribution in [0.25, 0.3) is 0 Å². The van der Waals surface area contributed by atoms with Gasteiger partial charge in [0.2, 0.25) is 5.91 Å². The SMILES string of the molecule is CN(CC(=O)NC1CC1)C1CCCCCC1=O. The molecule has 0 aromatic carbocycles. The fraction of sp³-hybridized carbons (Fsp3) is 0.846. The van der Waals surface area contributed by atoms with Gasteiger partial charge in [0, 0.05) is 12.5 Å². The third-order valence-corrected chi connectivity index (χ3v) is 3.64. The van der Waals surface area contributed by atoms with E-state index in [1.165, 1.54) is 0 Å². The zero-order valence-electron chi connectivity index (χ0n) is 10.6. The van der Waals surface area contributed by atoms with Crippen LogP contribution in [0.5, 0.6) is 0 Å². The summed E-state index contributed by atoms with van der Waals surface area (Å²) in [5, 5.41) is 2.96. The third kappa shape index (κ3) is 3.80. The Bertz CT molecular complexity index is 300. The molecule has 0 radical (unpaired) electrons. The molecule has 2 rings (SSSR count). The molecule has 17 heavy (non-hydrogen) atoms. The molecule has 96 valence electrons. The largest absolute Gasteiger partial charge is 0.352 e. The zero-order chi connectivity index (χ0) is 12.3. The minimum atomic E-state index is -0.0394. The molecule has 0 aromatic heterocycles. The molecule has 1 amide bonds. The van der Waals surface area contributed by atoms with Crippen molar-refractivity contribution in [2.45, 2.75) is 57.0 Å². The number of carbonyl (C=O) groups is 2. The number of nitrogens with zero attached hydrogens (tertiary/aromatic N) is 1. The van der Waals surface area contributed by atoms with Crippen LogP contribution in [0.4, 0.5) is 0 Å². The first-order valence-electron chi connectivity index (χ1n) is 6.69. The average Bonchev–Trinajstić information content (AvgIpc) is 3.06. The Morgan fingerprint density at radius 1 is 1.29 bits per heavy atom. The van der Waals surface area contributed by atoms with E-state index in [1.54, 1.807) is 0 Å². The Morgan fingerprint density at radius 3 is 2.76 bits per heavy atom. The molecule has 0 aliphatic heterocycles. The molecule has 2 saturated carbocycles. The number of rotatable bonds is 4. The van der Waals surface area contributed by atoms with Gasteiger partial charge in [0.05, 0.1) is 12.6 Å². The normalized spacial score (nSPS) is 25.8. The van der Waals surface area contributed by atoms with Crippen LogP contribution in [0.2, 0.25) is 0 Å². The van der Waals surface area contributed by atoms with Crippen LogP contribution in [-0.2, 0) is 9.59 Å². The monoisotopic (exact) mass is 238 g/mol. The minimum absolute atomic E-state index is 0.0394. The van der Waals surface area contributed by atoms with E-state index in [2.05, 4.69) is 5.32 Å². The van der Waals surface area contributed by atoms with E-state index in [0.717, 1.165) is 38.5 Å². The van der Waals surface area contributed by atoms with E-state index >= 15 is 0 Å². The van der Waals surface area contributed by atoms with Crippen molar-refractivity contribution >= 4 is 11.7 Å². The van der Waals surface area contributed by atoms with Gasteiger partial charge in [-0.25, -0.2) is 0 Å². The van der Waals surface area contributed by atoms with Gasteiger partial charge in [-0.2, -0.15) is 0 Å². The summed E-state index contributed by atoms with van der Waals surface area (Å²) in [6, 6.07) is 0.364. The van der Waals surface area contributed by atoms with Gasteiger partial charge in [0.25, 0.3) is 0 Å². The zero-order valence-corrected chi connectivity index (χ0v) is 10.6. The maximum absolute atomic E-state index is 11.9. The second-order valence-corrected chi connectivity index (χ2v) is 5.34. The van der Waals surface area contributed by atoms with Crippen LogP contribution in [-0.4, -0.2) is 42.3 Å². The molecule has 0 saturated heterocycles. The van der Waals surface area contributed by atoms with Crippen LogP contribution in [0.1, 0.15) is 44.9 Å². The molecule has 1 unspecified atom stereocenters. The molecular weight excluding hydrogens is 216 g/mol. The average molecular weight is 238 g/mol. The number of nitrogens with one attached hydrogen (secondary N) is 1. The first kappa shape index (κ1) is 12.6. The van der Waals surface area contributed by atoms with Crippen LogP contribution in [0.15, 0.2) is 0 Å². The molecule has 2 aliphatic carbocycles. The Balaban J connectivity index is 1.81. The lowest BCUT2D eigenvalue weighted by Crippen LogP contribution is -2.44. The fourth-order valence-corrected chi connectivity index (χ4v) is 2.45. The Morgan fingerprint density at radius 2 is 2.06 bits per heavy atom. The lowest BCUT2D eigenvalue weighted by molar-refractivity contribution is -0.126. The lowest BCUT2D eigenvalue weighted by Gasteiger charge is -2.25. The van der Waals surface area contributed by atoms with E-state index in [9.17, 15) is 9.59 Å². The van der Waals surface area contributed by atoms with Crippen molar-refractivity contribution in [1.82, 2.24) is 10.2 Å². The summed E-state index contributed by atoms with van der Waals surface area (Å²) in [5.74, 6) is 0.372. The Labute approximate surface area is 103 Å². The second-order valence-electron chi connectivity index (χ2n) is 5.34. The molecule has 1 N–H and O–H groups in total. The smallest absolute Gasteiger partial charge is 0.234 e. The van der Waals surface area contributed by atoms with Gasteiger partial charge < -0.3 is 5.32 Å². The van der Waals surface area contributed by atoms with Crippen LogP contribution in [0.3, 0.4) is 0 Å². The Hall–Kier alpha value is -0.900. The summed E-state index contributed by atoms with van der Waals surface area (Å²) < 4.78 is 0. The Kier molecular flexibility index (Phi) is 4.15. The van der Waals surface area contributed by atoms with Crippen molar-refractivity contribution in [2.24, 2.45) is 0 Å². The summed E-state index contributed by atoms with van der Waals surface area (Å²) in [6.07, 6.45) is 7.06. The van der Waals surface area contributed by atoms with Gasteiger partial charge >= 0.3 is 0 Å². The van der Waals surface area contributed by atoms with Crippen molar-refractivity contribution in [3.05, 3.63) is 0 Å².